The van der Waals surface area contributed by atoms with Gasteiger partial charge < -0.3 is 14.4 Å². The molecule has 0 atom stereocenters. The average Bonchev–Trinajstić information content (AvgIpc) is 3.13. The van der Waals surface area contributed by atoms with Crippen LogP contribution < -0.4 is 9.47 Å². The SMILES string of the molecule is CN(CCCCN1C(=O)CC2(CCCC2)CC1=O)C1=COc2ccccc2O1. The maximum Gasteiger partial charge on any atom is 0.231 e. The smallest absolute Gasteiger partial charge is 0.231 e. The first-order chi connectivity index (χ1) is 13.6. The third-order valence-corrected chi connectivity index (χ3v) is 6.17. The molecular weight excluding hydrogens is 356 g/mol. The Morgan fingerprint density at radius 2 is 1.71 bits per heavy atom. The summed E-state index contributed by atoms with van der Waals surface area (Å²) >= 11 is 0. The second-order valence-electron chi connectivity index (χ2n) is 8.25. The number of hydrogen-bond acceptors (Lipinski definition) is 5. The van der Waals surface area contributed by atoms with Crippen molar-refractivity contribution in [3.05, 3.63) is 36.4 Å². The number of likely N-dealkylation sites (tertiary alicyclic amines) is 1. The number of unbranched alkanes of at least 4 members (excludes halogenated alkanes) is 1. The van der Waals surface area contributed by atoms with Crippen molar-refractivity contribution in [2.24, 2.45) is 5.41 Å². The lowest BCUT2D eigenvalue weighted by molar-refractivity contribution is -0.153. The Balaban J connectivity index is 1.22. The van der Waals surface area contributed by atoms with Gasteiger partial charge in [-0.3, -0.25) is 14.5 Å². The number of carbonyl (C=O) groups is 2. The fourth-order valence-electron chi connectivity index (χ4n) is 4.54. The van der Waals surface area contributed by atoms with Crippen molar-refractivity contribution < 1.29 is 19.1 Å². The van der Waals surface area contributed by atoms with Crippen LogP contribution in [0, 0.1) is 5.41 Å². The molecular formula is C22H28N2O4. The first kappa shape index (κ1) is 18.8. The van der Waals surface area contributed by atoms with Gasteiger partial charge in [0.25, 0.3) is 0 Å². The molecule has 2 fully saturated rings. The lowest BCUT2D eigenvalue weighted by Gasteiger charge is -2.37. The zero-order chi connectivity index (χ0) is 19.6. The molecule has 1 saturated heterocycles. The van der Waals surface area contributed by atoms with Crippen molar-refractivity contribution in [3.8, 4) is 11.5 Å². The summed E-state index contributed by atoms with van der Waals surface area (Å²) in [6.45, 7) is 1.28. The Hall–Kier alpha value is -2.50. The summed E-state index contributed by atoms with van der Waals surface area (Å²) in [6.07, 6.45) is 8.73. The molecule has 6 nitrogen and oxygen atoms in total. The summed E-state index contributed by atoms with van der Waals surface area (Å²) in [5.74, 6) is 2.12. The Morgan fingerprint density at radius 1 is 1.04 bits per heavy atom. The van der Waals surface area contributed by atoms with Crippen LogP contribution in [0.15, 0.2) is 36.4 Å². The van der Waals surface area contributed by atoms with Gasteiger partial charge in [0.2, 0.25) is 17.7 Å². The van der Waals surface area contributed by atoms with E-state index in [0.29, 0.717) is 36.8 Å². The van der Waals surface area contributed by atoms with Gasteiger partial charge in [-0.15, -0.1) is 0 Å². The number of piperidine rings is 1. The minimum Gasteiger partial charge on any atom is -0.455 e. The number of rotatable bonds is 6. The zero-order valence-corrected chi connectivity index (χ0v) is 16.5. The van der Waals surface area contributed by atoms with Crippen LogP contribution in [0.3, 0.4) is 0 Å². The van der Waals surface area contributed by atoms with E-state index >= 15 is 0 Å². The van der Waals surface area contributed by atoms with Crippen LogP contribution in [0.5, 0.6) is 11.5 Å². The van der Waals surface area contributed by atoms with Gasteiger partial charge >= 0.3 is 0 Å². The molecule has 0 bridgehead atoms. The summed E-state index contributed by atoms with van der Waals surface area (Å²) in [5, 5.41) is 0. The van der Waals surface area contributed by atoms with Crippen molar-refractivity contribution in [1.82, 2.24) is 9.80 Å². The maximum absolute atomic E-state index is 12.5. The molecule has 0 aromatic heterocycles. The molecule has 0 N–H and O–H groups in total. The highest BCUT2D eigenvalue weighted by Crippen LogP contribution is 2.46. The summed E-state index contributed by atoms with van der Waals surface area (Å²) in [5.41, 5.74) is -0.0219. The molecule has 2 amide bonds. The minimum atomic E-state index is -0.0219. The van der Waals surface area contributed by atoms with E-state index in [9.17, 15) is 9.59 Å². The normalized spacial score (nSPS) is 20.5. The number of ether oxygens (including phenoxy) is 2. The van der Waals surface area contributed by atoms with Gasteiger partial charge in [0.15, 0.2) is 17.8 Å². The molecule has 2 aliphatic heterocycles. The van der Waals surface area contributed by atoms with Crippen LogP contribution in [0.25, 0.3) is 0 Å². The predicted molar refractivity (Wildman–Crippen MR) is 105 cm³/mol. The number of para-hydroxylation sites is 2. The highest BCUT2D eigenvalue weighted by atomic mass is 16.6. The van der Waals surface area contributed by atoms with Gasteiger partial charge in [0.1, 0.15) is 0 Å². The molecule has 1 aromatic carbocycles. The van der Waals surface area contributed by atoms with Crippen LogP contribution in [0.2, 0.25) is 0 Å². The van der Waals surface area contributed by atoms with E-state index in [0.717, 1.165) is 45.1 Å². The fourth-order valence-corrected chi connectivity index (χ4v) is 4.54. The topological polar surface area (TPSA) is 59.1 Å². The standard InChI is InChI=1S/C22H28N2O4/c1-23(21-16-27-17-8-2-3-9-18(17)28-21)12-6-7-13-24-19(25)14-22(15-20(24)26)10-4-5-11-22/h2-3,8-9,16H,4-7,10-15H2,1H3. The van der Waals surface area contributed by atoms with E-state index in [2.05, 4.69) is 0 Å². The lowest BCUT2D eigenvalue weighted by Crippen LogP contribution is -2.47. The van der Waals surface area contributed by atoms with E-state index < -0.39 is 0 Å². The third-order valence-electron chi connectivity index (χ3n) is 6.17. The monoisotopic (exact) mass is 384 g/mol. The molecule has 3 aliphatic rings. The first-order valence-electron chi connectivity index (χ1n) is 10.2. The molecule has 0 unspecified atom stereocenters. The number of benzene rings is 1. The van der Waals surface area contributed by atoms with Crippen LogP contribution in [0.4, 0.5) is 0 Å². The molecule has 1 spiro atoms. The van der Waals surface area contributed by atoms with Gasteiger partial charge in [0.05, 0.1) is 0 Å². The summed E-state index contributed by atoms with van der Waals surface area (Å²) in [4.78, 5) is 28.5. The van der Waals surface area contributed by atoms with Gasteiger partial charge in [0, 0.05) is 33.0 Å². The fraction of sp³-hybridized carbons (Fsp3) is 0.545. The number of hydrogen-bond donors (Lipinski definition) is 0. The lowest BCUT2D eigenvalue weighted by atomic mass is 9.76. The highest BCUT2D eigenvalue weighted by Gasteiger charge is 2.44. The Morgan fingerprint density at radius 3 is 2.43 bits per heavy atom. The van der Waals surface area contributed by atoms with Crippen LogP contribution in [0.1, 0.15) is 51.4 Å². The Bertz CT molecular complexity index is 762. The van der Waals surface area contributed by atoms with Gasteiger partial charge in [-0.2, -0.15) is 0 Å². The molecule has 1 saturated carbocycles. The molecule has 1 aliphatic carbocycles. The molecule has 1 aromatic rings. The second kappa shape index (κ2) is 7.86. The van der Waals surface area contributed by atoms with Crippen LogP contribution in [-0.4, -0.2) is 41.8 Å². The number of carbonyl (C=O) groups excluding carboxylic acids is 2. The first-order valence-corrected chi connectivity index (χ1v) is 10.2. The molecule has 0 radical (unpaired) electrons. The molecule has 28 heavy (non-hydrogen) atoms. The largest absolute Gasteiger partial charge is 0.455 e. The summed E-state index contributed by atoms with van der Waals surface area (Å²) in [6, 6.07) is 7.56. The number of amides is 2. The summed E-state index contributed by atoms with van der Waals surface area (Å²) < 4.78 is 11.5. The molecule has 2 heterocycles. The molecule has 6 heteroatoms. The average molecular weight is 384 g/mol. The highest BCUT2D eigenvalue weighted by molar-refractivity contribution is 5.98. The van der Waals surface area contributed by atoms with Gasteiger partial charge in [-0.1, -0.05) is 25.0 Å². The van der Waals surface area contributed by atoms with E-state index in [4.69, 9.17) is 9.47 Å². The third kappa shape index (κ3) is 3.86. The molecule has 4 rings (SSSR count). The van der Waals surface area contributed by atoms with Crippen molar-refractivity contribution in [1.29, 1.82) is 0 Å². The Labute approximate surface area is 166 Å². The van der Waals surface area contributed by atoms with Gasteiger partial charge in [-0.05, 0) is 43.2 Å². The van der Waals surface area contributed by atoms with Crippen LogP contribution in [-0.2, 0) is 9.59 Å². The number of nitrogens with zero attached hydrogens (tertiary/aromatic N) is 2. The minimum absolute atomic E-state index is 0.0219. The quantitative estimate of drug-likeness (QED) is 0.553. The second-order valence-corrected chi connectivity index (χ2v) is 8.25. The zero-order valence-electron chi connectivity index (χ0n) is 16.5. The van der Waals surface area contributed by atoms with Crippen molar-refractivity contribution in [2.45, 2.75) is 51.4 Å². The van der Waals surface area contributed by atoms with Crippen molar-refractivity contribution in [3.63, 3.8) is 0 Å². The van der Waals surface area contributed by atoms with E-state index in [1.54, 1.807) is 6.26 Å². The summed E-state index contributed by atoms with van der Waals surface area (Å²) in [7, 11) is 1.95. The number of fused-ring (bicyclic) bond motifs is 1. The van der Waals surface area contributed by atoms with Crippen molar-refractivity contribution >= 4 is 11.8 Å². The molecule has 150 valence electrons. The van der Waals surface area contributed by atoms with E-state index in [-0.39, 0.29) is 17.2 Å². The van der Waals surface area contributed by atoms with Gasteiger partial charge in [-0.25, -0.2) is 0 Å². The van der Waals surface area contributed by atoms with E-state index in [1.165, 1.54) is 4.90 Å². The van der Waals surface area contributed by atoms with Crippen molar-refractivity contribution in [2.75, 3.05) is 20.1 Å². The Kier molecular flexibility index (Phi) is 5.29. The maximum atomic E-state index is 12.5. The van der Waals surface area contributed by atoms with Crippen LogP contribution >= 0.6 is 0 Å². The number of imide groups is 1. The van der Waals surface area contributed by atoms with E-state index in [1.807, 2.05) is 36.2 Å². The predicted octanol–water partition coefficient (Wildman–Crippen LogP) is 3.68.